The molecule has 0 atom stereocenters. The summed E-state index contributed by atoms with van der Waals surface area (Å²) < 4.78 is 2.59. The van der Waals surface area contributed by atoms with Crippen molar-refractivity contribution in [3.63, 3.8) is 0 Å². The largest absolute Gasteiger partial charge is 0.361 e. The molecular formula is C20H23N9OS2. The molecule has 4 aromatic rings. The Balaban J connectivity index is 1.26. The van der Waals surface area contributed by atoms with Crippen LogP contribution in [0.25, 0.3) is 10.2 Å². The van der Waals surface area contributed by atoms with Crippen molar-refractivity contribution >= 4 is 50.3 Å². The first-order valence-electron chi connectivity index (χ1n) is 9.98. The number of hydrogen-bond donors (Lipinski definition) is 3. The molecular weight excluding hydrogens is 446 g/mol. The number of aryl methyl sites for hydroxylation is 1. The normalized spacial score (nSPS) is 10.9. The third-order valence-corrected chi connectivity index (χ3v) is 6.30. The van der Waals surface area contributed by atoms with Crippen molar-refractivity contribution in [3.05, 3.63) is 48.3 Å². The highest BCUT2D eigenvalue weighted by Gasteiger charge is 2.11. The highest BCUT2D eigenvalue weighted by molar-refractivity contribution is 7.98. The van der Waals surface area contributed by atoms with Gasteiger partial charge in [-0.3, -0.25) is 9.48 Å². The second-order valence-electron chi connectivity index (χ2n) is 6.84. The monoisotopic (exact) mass is 469 g/mol. The van der Waals surface area contributed by atoms with Crippen molar-refractivity contribution in [2.75, 3.05) is 30.0 Å². The number of fused-ring (bicyclic) bond motifs is 1. The number of benzene rings is 1. The Kier molecular flexibility index (Phi) is 7.12. The smallest absolute Gasteiger partial charge is 0.251 e. The van der Waals surface area contributed by atoms with E-state index in [4.69, 9.17) is 0 Å². The molecule has 0 aliphatic heterocycles. The molecule has 0 saturated heterocycles. The summed E-state index contributed by atoms with van der Waals surface area (Å²) in [5.74, 6) is 1.17. The van der Waals surface area contributed by atoms with Gasteiger partial charge in [-0.1, -0.05) is 11.3 Å². The van der Waals surface area contributed by atoms with Crippen molar-refractivity contribution in [1.29, 1.82) is 0 Å². The van der Waals surface area contributed by atoms with Crippen LogP contribution < -0.4 is 16.0 Å². The Morgan fingerprint density at radius 3 is 2.72 bits per heavy atom. The number of rotatable bonds is 10. The summed E-state index contributed by atoms with van der Waals surface area (Å²) in [7, 11) is 1.79. The lowest BCUT2D eigenvalue weighted by Crippen LogP contribution is -2.24. The maximum atomic E-state index is 12.5. The van der Waals surface area contributed by atoms with Gasteiger partial charge in [-0.2, -0.15) is 5.10 Å². The van der Waals surface area contributed by atoms with Gasteiger partial charge in [0.2, 0.25) is 5.95 Å². The van der Waals surface area contributed by atoms with Gasteiger partial charge in [-0.15, -0.1) is 11.8 Å². The molecule has 1 amide bonds. The van der Waals surface area contributed by atoms with Crippen molar-refractivity contribution in [2.45, 2.75) is 17.9 Å². The molecule has 0 aliphatic carbocycles. The third-order valence-electron chi connectivity index (χ3n) is 4.64. The van der Waals surface area contributed by atoms with Crippen LogP contribution in [0.4, 0.5) is 11.1 Å². The third kappa shape index (κ3) is 5.51. The van der Waals surface area contributed by atoms with Gasteiger partial charge in [0.05, 0.1) is 16.8 Å². The minimum absolute atomic E-state index is 0.156. The van der Waals surface area contributed by atoms with E-state index in [9.17, 15) is 4.79 Å². The number of carbonyl (C=O) groups excluding carboxylic acids is 1. The molecule has 10 nitrogen and oxygen atoms in total. The second kappa shape index (κ2) is 10.4. The number of anilines is 2. The Morgan fingerprint density at radius 1 is 1.16 bits per heavy atom. The van der Waals surface area contributed by atoms with Gasteiger partial charge in [-0.05, 0) is 30.9 Å². The molecule has 0 spiro atoms. The molecule has 0 radical (unpaired) electrons. The number of nitrogens with one attached hydrogen (secondary N) is 3. The predicted molar refractivity (Wildman–Crippen MR) is 127 cm³/mol. The van der Waals surface area contributed by atoms with E-state index in [0.29, 0.717) is 23.9 Å². The van der Waals surface area contributed by atoms with E-state index in [0.717, 1.165) is 39.8 Å². The van der Waals surface area contributed by atoms with Crippen LogP contribution in [0, 0.1) is 0 Å². The molecule has 4 rings (SSSR count). The number of thioether (sulfide) groups is 1. The Labute approximate surface area is 193 Å². The number of amides is 1. The van der Waals surface area contributed by atoms with Crippen LogP contribution in [-0.2, 0) is 13.6 Å². The molecule has 1 aromatic carbocycles. The summed E-state index contributed by atoms with van der Waals surface area (Å²) in [6.45, 7) is 1.84. The maximum absolute atomic E-state index is 12.5. The van der Waals surface area contributed by atoms with Gasteiger partial charge in [-0.25, -0.2) is 19.9 Å². The van der Waals surface area contributed by atoms with Crippen molar-refractivity contribution in [3.8, 4) is 0 Å². The number of thiazole rings is 1. The summed E-state index contributed by atoms with van der Waals surface area (Å²) in [5, 5.41) is 14.3. The van der Waals surface area contributed by atoms with Gasteiger partial charge < -0.3 is 16.0 Å². The highest BCUT2D eigenvalue weighted by Crippen LogP contribution is 2.26. The lowest BCUT2D eigenvalue weighted by molar-refractivity contribution is 0.0949. The maximum Gasteiger partial charge on any atom is 0.251 e. The van der Waals surface area contributed by atoms with Crippen molar-refractivity contribution < 1.29 is 4.79 Å². The minimum atomic E-state index is -0.156. The van der Waals surface area contributed by atoms with Crippen LogP contribution in [0.15, 0.2) is 41.8 Å². The molecule has 0 fully saturated rings. The van der Waals surface area contributed by atoms with E-state index < -0.39 is 0 Å². The van der Waals surface area contributed by atoms with Crippen LogP contribution in [0.3, 0.4) is 0 Å². The molecule has 12 heteroatoms. The fourth-order valence-corrected chi connectivity index (χ4v) is 4.13. The second-order valence-corrected chi connectivity index (χ2v) is 8.75. The summed E-state index contributed by atoms with van der Waals surface area (Å²) in [6, 6.07) is 5.51. The van der Waals surface area contributed by atoms with E-state index in [1.165, 1.54) is 17.7 Å². The standard InChI is InChI=1S/C20H23N9OS2/c1-29-17(26-12-27-29)11-23-18(30)13-4-5-15-16(8-13)32-20(28-15)22-7-3-6-21-19-24-9-14(31-2)10-25-19/h4-5,8-10,12H,3,6-7,11H2,1-2H3,(H,22,28)(H,23,30)(H,21,24,25). The summed E-state index contributed by atoms with van der Waals surface area (Å²) >= 11 is 3.15. The zero-order chi connectivity index (χ0) is 22.3. The van der Waals surface area contributed by atoms with Crippen LogP contribution in [0.5, 0.6) is 0 Å². The van der Waals surface area contributed by atoms with Crippen LogP contribution in [-0.4, -0.2) is 55.0 Å². The molecule has 3 heterocycles. The molecule has 166 valence electrons. The van der Waals surface area contributed by atoms with Gasteiger partial charge in [0.1, 0.15) is 12.2 Å². The number of hydrogen-bond acceptors (Lipinski definition) is 10. The fourth-order valence-electron chi connectivity index (χ4n) is 2.88. The van der Waals surface area contributed by atoms with Crippen LogP contribution in [0.2, 0.25) is 0 Å². The average Bonchev–Trinajstić information content (AvgIpc) is 3.42. The minimum Gasteiger partial charge on any atom is -0.361 e. The first-order valence-corrected chi connectivity index (χ1v) is 12.0. The molecule has 3 N–H and O–H groups in total. The van der Waals surface area contributed by atoms with E-state index >= 15 is 0 Å². The van der Waals surface area contributed by atoms with Gasteiger partial charge >= 0.3 is 0 Å². The molecule has 3 aromatic heterocycles. The number of carbonyl (C=O) groups is 1. The number of aromatic nitrogens is 6. The molecule has 0 unspecified atom stereocenters. The SMILES string of the molecule is CSc1cnc(NCCCNc2nc3ccc(C(=O)NCc4ncnn4C)cc3s2)nc1. The first kappa shape index (κ1) is 22.0. The van der Waals surface area contributed by atoms with Crippen LogP contribution >= 0.6 is 23.1 Å². The molecule has 0 aliphatic rings. The van der Waals surface area contributed by atoms with Crippen molar-refractivity contribution in [1.82, 2.24) is 35.0 Å². The Morgan fingerprint density at radius 2 is 1.97 bits per heavy atom. The quantitative estimate of drug-likeness (QED) is 0.238. The average molecular weight is 470 g/mol. The van der Waals surface area contributed by atoms with Crippen molar-refractivity contribution in [2.24, 2.45) is 7.05 Å². The van der Waals surface area contributed by atoms with E-state index in [2.05, 4.69) is 41.0 Å². The molecule has 0 bridgehead atoms. The van der Waals surface area contributed by atoms with Gasteiger partial charge in [0, 0.05) is 43.0 Å². The van der Waals surface area contributed by atoms with Crippen LogP contribution in [0.1, 0.15) is 22.6 Å². The zero-order valence-electron chi connectivity index (χ0n) is 17.7. The predicted octanol–water partition coefficient (Wildman–Crippen LogP) is 2.78. The topological polar surface area (TPSA) is 123 Å². The lowest BCUT2D eigenvalue weighted by Gasteiger charge is -2.05. The Bertz CT molecular complexity index is 1190. The zero-order valence-corrected chi connectivity index (χ0v) is 19.3. The van der Waals surface area contributed by atoms with E-state index in [-0.39, 0.29) is 5.91 Å². The van der Waals surface area contributed by atoms with E-state index in [1.807, 2.05) is 30.8 Å². The molecule has 0 saturated carbocycles. The summed E-state index contributed by atoms with van der Waals surface area (Å²) in [5.41, 5.74) is 1.45. The molecule has 32 heavy (non-hydrogen) atoms. The van der Waals surface area contributed by atoms with Gasteiger partial charge in [0.25, 0.3) is 5.91 Å². The first-order chi connectivity index (χ1) is 15.6. The van der Waals surface area contributed by atoms with E-state index in [1.54, 1.807) is 29.6 Å². The fraction of sp³-hybridized carbons (Fsp3) is 0.300. The van der Waals surface area contributed by atoms with Gasteiger partial charge in [0.15, 0.2) is 5.13 Å². The summed E-state index contributed by atoms with van der Waals surface area (Å²) in [4.78, 5) is 30.8. The summed E-state index contributed by atoms with van der Waals surface area (Å²) in [6.07, 6.45) is 7.97. The Hall–Kier alpha value is -3.25. The highest BCUT2D eigenvalue weighted by atomic mass is 32.2. The lowest BCUT2D eigenvalue weighted by atomic mass is 10.2. The number of nitrogens with zero attached hydrogens (tertiary/aromatic N) is 6.